The fourth-order valence-electron chi connectivity index (χ4n) is 2.40. The molecule has 20 heavy (non-hydrogen) atoms. The highest BCUT2D eigenvalue weighted by Gasteiger charge is 2.36. The van der Waals surface area contributed by atoms with Crippen LogP contribution in [0.1, 0.15) is 30.9 Å². The predicted molar refractivity (Wildman–Crippen MR) is 76.4 cm³/mol. The lowest BCUT2D eigenvalue weighted by Crippen LogP contribution is -2.42. The van der Waals surface area contributed by atoms with Gasteiger partial charge in [0.05, 0.1) is 17.0 Å². The molecule has 1 fully saturated rings. The fraction of sp³-hybridized carbons (Fsp3) is 0.467. The first-order valence-corrected chi connectivity index (χ1v) is 6.97. The quantitative estimate of drug-likeness (QED) is 0.930. The number of rotatable bonds is 3. The summed E-state index contributed by atoms with van der Waals surface area (Å²) in [5.41, 5.74) is 0.922. The van der Waals surface area contributed by atoms with Gasteiger partial charge >= 0.3 is 5.97 Å². The van der Waals surface area contributed by atoms with Crippen LogP contribution in [0.15, 0.2) is 18.2 Å². The number of benzene rings is 1. The number of nitriles is 1. The Kier molecular flexibility index (Phi) is 4.32. The molecule has 0 amide bonds. The number of carbonyl (C=O) groups is 1. The van der Waals surface area contributed by atoms with Gasteiger partial charge in [0.25, 0.3) is 0 Å². The molecule has 1 saturated heterocycles. The average Bonchev–Trinajstić information content (AvgIpc) is 2.43. The van der Waals surface area contributed by atoms with Gasteiger partial charge < -0.3 is 5.11 Å². The van der Waals surface area contributed by atoms with E-state index in [1.54, 1.807) is 19.1 Å². The molecule has 0 atom stereocenters. The van der Waals surface area contributed by atoms with Gasteiger partial charge in [-0.2, -0.15) is 5.26 Å². The molecule has 1 aliphatic heterocycles. The second-order valence-electron chi connectivity index (χ2n) is 5.56. The van der Waals surface area contributed by atoms with Crippen molar-refractivity contribution < 1.29 is 9.90 Å². The SMILES string of the molecule is CC1(C(=O)O)CCN(Cc2ccc(C#N)cc2Cl)CC1. The highest BCUT2D eigenvalue weighted by atomic mass is 35.5. The molecule has 1 aromatic carbocycles. The van der Waals surface area contributed by atoms with Crippen LogP contribution in [0, 0.1) is 16.7 Å². The third-order valence-electron chi connectivity index (χ3n) is 4.05. The van der Waals surface area contributed by atoms with E-state index in [0.717, 1.165) is 18.7 Å². The van der Waals surface area contributed by atoms with Crippen LogP contribution in [-0.2, 0) is 11.3 Å². The summed E-state index contributed by atoms with van der Waals surface area (Å²) >= 11 is 6.16. The Hall–Kier alpha value is -1.57. The lowest BCUT2D eigenvalue weighted by atomic mass is 9.80. The van der Waals surface area contributed by atoms with E-state index in [1.165, 1.54) is 0 Å². The van der Waals surface area contributed by atoms with Crippen LogP contribution in [0.3, 0.4) is 0 Å². The number of hydrogen-bond acceptors (Lipinski definition) is 3. The Morgan fingerprint density at radius 2 is 2.15 bits per heavy atom. The second-order valence-corrected chi connectivity index (χ2v) is 5.97. The number of carboxylic acids is 1. The maximum absolute atomic E-state index is 11.2. The van der Waals surface area contributed by atoms with E-state index in [1.807, 2.05) is 6.07 Å². The van der Waals surface area contributed by atoms with Crippen molar-refractivity contribution in [3.8, 4) is 6.07 Å². The number of piperidine rings is 1. The third-order valence-corrected chi connectivity index (χ3v) is 4.40. The van der Waals surface area contributed by atoms with Gasteiger partial charge in [-0.3, -0.25) is 9.69 Å². The molecule has 106 valence electrons. The summed E-state index contributed by atoms with van der Waals surface area (Å²) in [5.74, 6) is -0.714. The number of halogens is 1. The molecule has 0 aliphatic carbocycles. The average molecular weight is 293 g/mol. The van der Waals surface area contributed by atoms with Crippen LogP contribution in [-0.4, -0.2) is 29.1 Å². The summed E-state index contributed by atoms with van der Waals surface area (Å²) in [5, 5.41) is 18.6. The van der Waals surface area contributed by atoms with E-state index in [0.29, 0.717) is 30.0 Å². The van der Waals surface area contributed by atoms with Crippen molar-refractivity contribution in [3.05, 3.63) is 34.3 Å². The van der Waals surface area contributed by atoms with Crippen molar-refractivity contribution in [2.45, 2.75) is 26.3 Å². The molecule has 1 N–H and O–H groups in total. The fourth-order valence-corrected chi connectivity index (χ4v) is 2.64. The van der Waals surface area contributed by atoms with Crippen molar-refractivity contribution in [1.82, 2.24) is 4.90 Å². The molecule has 0 radical (unpaired) electrons. The van der Waals surface area contributed by atoms with Crippen LogP contribution >= 0.6 is 11.6 Å². The lowest BCUT2D eigenvalue weighted by molar-refractivity contribution is -0.150. The lowest BCUT2D eigenvalue weighted by Gasteiger charge is -2.36. The molecular weight excluding hydrogens is 276 g/mol. The van der Waals surface area contributed by atoms with Crippen molar-refractivity contribution in [2.24, 2.45) is 5.41 Å². The van der Waals surface area contributed by atoms with Crippen LogP contribution in [0.4, 0.5) is 0 Å². The minimum atomic E-state index is -0.714. The molecule has 0 saturated carbocycles. The standard InChI is InChI=1S/C15H17ClN2O2/c1-15(14(19)20)4-6-18(7-5-15)10-12-3-2-11(9-17)8-13(12)16/h2-3,8H,4-7,10H2,1H3,(H,19,20). The zero-order valence-corrected chi connectivity index (χ0v) is 12.2. The highest BCUT2D eigenvalue weighted by Crippen LogP contribution is 2.32. The van der Waals surface area contributed by atoms with E-state index in [2.05, 4.69) is 11.0 Å². The summed E-state index contributed by atoms with van der Waals surface area (Å²) < 4.78 is 0. The monoisotopic (exact) mass is 292 g/mol. The molecule has 1 aromatic rings. The zero-order chi connectivity index (χ0) is 14.8. The first-order valence-electron chi connectivity index (χ1n) is 6.59. The van der Waals surface area contributed by atoms with Gasteiger partial charge in [-0.25, -0.2) is 0 Å². The number of hydrogen-bond donors (Lipinski definition) is 1. The van der Waals surface area contributed by atoms with Crippen LogP contribution < -0.4 is 0 Å². The largest absolute Gasteiger partial charge is 0.481 e. The van der Waals surface area contributed by atoms with Gasteiger partial charge in [0, 0.05) is 11.6 Å². The normalized spacial score (nSPS) is 18.4. The Morgan fingerprint density at radius 1 is 1.50 bits per heavy atom. The molecule has 1 aliphatic rings. The van der Waals surface area contributed by atoms with Crippen molar-refractivity contribution in [2.75, 3.05) is 13.1 Å². The second kappa shape index (κ2) is 5.82. The maximum Gasteiger partial charge on any atom is 0.309 e. The molecule has 0 aromatic heterocycles. The first-order chi connectivity index (χ1) is 9.44. The maximum atomic E-state index is 11.2. The van der Waals surface area contributed by atoms with Gasteiger partial charge in [0.2, 0.25) is 0 Å². The van der Waals surface area contributed by atoms with Gasteiger partial charge in [0.1, 0.15) is 0 Å². The first kappa shape index (κ1) is 14.8. The van der Waals surface area contributed by atoms with Gasteiger partial charge in [-0.1, -0.05) is 17.7 Å². The van der Waals surface area contributed by atoms with E-state index in [4.69, 9.17) is 16.9 Å². The zero-order valence-electron chi connectivity index (χ0n) is 11.4. The van der Waals surface area contributed by atoms with E-state index in [-0.39, 0.29) is 0 Å². The van der Waals surface area contributed by atoms with E-state index >= 15 is 0 Å². The summed E-state index contributed by atoms with van der Waals surface area (Å²) in [6, 6.07) is 7.35. The molecule has 0 unspecified atom stereocenters. The Labute approximate surface area is 123 Å². The van der Waals surface area contributed by atoms with Crippen molar-refractivity contribution in [1.29, 1.82) is 5.26 Å². The molecular formula is C15H17ClN2O2. The molecule has 0 bridgehead atoms. The molecule has 1 heterocycles. The topological polar surface area (TPSA) is 64.3 Å². The number of likely N-dealkylation sites (tertiary alicyclic amines) is 1. The van der Waals surface area contributed by atoms with E-state index < -0.39 is 11.4 Å². The molecule has 2 rings (SSSR count). The molecule has 0 spiro atoms. The van der Waals surface area contributed by atoms with Crippen LogP contribution in [0.5, 0.6) is 0 Å². The third kappa shape index (κ3) is 3.12. The summed E-state index contributed by atoms with van der Waals surface area (Å²) in [7, 11) is 0. The number of carboxylic acid groups (broad SMARTS) is 1. The smallest absolute Gasteiger partial charge is 0.309 e. The predicted octanol–water partition coefficient (Wildman–Crippen LogP) is 2.90. The Morgan fingerprint density at radius 3 is 2.65 bits per heavy atom. The van der Waals surface area contributed by atoms with Crippen LogP contribution in [0.2, 0.25) is 5.02 Å². The highest BCUT2D eigenvalue weighted by molar-refractivity contribution is 6.31. The van der Waals surface area contributed by atoms with Gasteiger partial charge in [0.15, 0.2) is 0 Å². The summed E-state index contributed by atoms with van der Waals surface area (Å²) in [6.45, 7) is 4.00. The molecule has 5 heteroatoms. The summed E-state index contributed by atoms with van der Waals surface area (Å²) in [6.07, 6.45) is 1.30. The van der Waals surface area contributed by atoms with E-state index in [9.17, 15) is 9.90 Å². The van der Waals surface area contributed by atoms with Gasteiger partial charge in [-0.15, -0.1) is 0 Å². The molecule has 4 nitrogen and oxygen atoms in total. The Bertz CT molecular complexity index is 557. The Balaban J connectivity index is 2.00. The number of aliphatic carboxylic acids is 1. The summed E-state index contributed by atoms with van der Waals surface area (Å²) in [4.78, 5) is 13.4. The minimum Gasteiger partial charge on any atom is -0.481 e. The van der Waals surface area contributed by atoms with Crippen molar-refractivity contribution >= 4 is 17.6 Å². The minimum absolute atomic E-state index is 0.552. The number of nitrogens with zero attached hydrogens (tertiary/aromatic N) is 2. The van der Waals surface area contributed by atoms with Crippen molar-refractivity contribution in [3.63, 3.8) is 0 Å². The van der Waals surface area contributed by atoms with Gasteiger partial charge in [-0.05, 0) is 50.6 Å². The van der Waals surface area contributed by atoms with Crippen LogP contribution in [0.25, 0.3) is 0 Å².